The lowest BCUT2D eigenvalue weighted by Crippen LogP contribution is -2.13. The number of ketones is 1. The number of aryl methyl sites for hydroxylation is 3. The number of aliphatic carboxylic acids is 1. The van der Waals surface area contributed by atoms with Gasteiger partial charge in [-0.15, -0.1) is 0 Å². The molecule has 17 heavy (non-hydrogen) atoms. The Kier molecular flexibility index (Phi) is 2.50. The molecule has 4 heteroatoms. The second kappa shape index (κ2) is 3.73. The number of benzene rings is 1. The van der Waals surface area contributed by atoms with Gasteiger partial charge in [0.15, 0.2) is 0 Å². The first-order chi connectivity index (χ1) is 7.91. The van der Waals surface area contributed by atoms with Crippen molar-refractivity contribution in [2.45, 2.75) is 20.8 Å². The molecule has 88 valence electrons. The number of carboxylic acids is 1. The highest BCUT2D eigenvalue weighted by atomic mass is 16.4. The summed E-state index contributed by atoms with van der Waals surface area (Å²) in [6, 6.07) is 3.85. The van der Waals surface area contributed by atoms with E-state index in [9.17, 15) is 9.59 Å². The lowest BCUT2D eigenvalue weighted by molar-refractivity contribution is -0.131. The molecule has 0 aliphatic carbocycles. The smallest absolute Gasteiger partial charge is 0.377 e. The highest BCUT2D eigenvalue weighted by molar-refractivity contribution is 6.42. The van der Waals surface area contributed by atoms with Gasteiger partial charge in [-0.1, -0.05) is 6.07 Å². The van der Waals surface area contributed by atoms with Gasteiger partial charge < -0.3 is 10.1 Å². The maximum atomic E-state index is 11.7. The van der Waals surface area contributed by atoms with Crippen molar-refractivity contribution >= 4 is 22.7 Å². The van der Waals surface area contributed by atoms with Crippen molar-refractivity contribution in [3.05, 3.63) is 34.5 Å². The minimum atomic E-state index is -1.42. The molecular weight excluding hydrogens is 218 g/mol. The van der Waals surface area contributed by atoms with E-state index in [1.54, 1.807) is 6.92 Å². The van der Waals surface area contributed by atoms with Gasteiger partial charge in [0.2, 0.25) is 0 Å². The van der Waals surface area contributed by atoms with Crippen LogP contribution in [-0.4, -0.2) is 21.8 Å². The second-order valence-electron chi connectivity index (χ2n) is 4.26. The van der Waals surface area contributed by atoms with Crippen molar-refractivity contribution in [3.63, 3.8) is 0 Å². The molecule has 1 aromatic heterocycles. The first-order valence-electron chi connectivity index (χ1n) is 5.29. The van der Waals surface area contributed by atoms with E-state index >= 15 is 0 Å². The zero-order valence-electron chi connectivity index (χ0n) is 9.92. The summed E-state index contributed by atoms with van der Waals surface area (Å²) >= 11 is 0. The van der Waals surface area contributed by atoms with E-state index in [4.69, 9.17) is 5.11 Å². The molecule has 2 N–H and O–H groups in total. The first-order valence-corrected chi connectivity index (χ1v) is 5.29. The molecule has 0 aliphatic rings. The average Bonchev–Trinajstić information content (AvgIpc) is 2.53. The molecule has 4 nitrogen and oxygen atoms in total. The third-order valence-electron chi connectivity index (χ3n) is 2.85. The molecule has 1 aromatic carbocycles. The number of fused-ring (bicyclic) bond motifs is 1. The van der Waals surface area contributed by atoms with Crippen LogP contribution >= 0.6 is 0 Å². The van der Waals surface area contributed by atoms with Crippen molar-refractivity contribution in [1.29, 1.82) is 0 Å². The third kappa shape index (κ3) is 1.71. The third-order valence-corrected chi connectivity index (χ3v) is 2.85. The Bertz CT molecular complexity index is 638. The lowest BCUT2D eigenvalue weighted by Gasteiger charge is -2.01. The number of H-pyrrole nitrogens is 1. The number of Topliss-reactive ketones (excluding diaryl/α,β-unsaturated/α-hetero) is 1. The van der Waals surface area contributed by atoms with Crippen LogP contribution < -0.4 is 0 Å². The van der Waals surface area contributed by atoms with E-state index in [0.29, 0.717) is 11.1 Å². The van der Waals surface area contributed by atoms with Crippen LogP contribution in [0.3, 0.4) is 0 Å². The maximum Gasteiger partial charge on any atom is 0.377 e. The molecule has 0 unspecified atom stereocenters. The van der Waals surface area contributed by atoms with E-state index in [1.165, 1.54) is 0 Å². The number of hydrogen-bond acceptors (Lipinski definition) is 2. The Morgan fingerprint density at radius 1 is 1.18 bits per heavy atom. The fraction of sp³-hybridized carbons (Fsp3) is 0.231. The molecule has 0 radical (unpaired) electrons. The van der Waals surface area contributed by atoms with E-state index in [-0.39, 0.29) is 5.56 Å². The Balaban J connectivity index is 2.84. The van der Waals surface area contributed by atoms with Gasteiger partial charge in [0.05, 0.1) is 5.56 Å². The fourth-order valence-corrected chi connectivity index (χ4v) is 2.24. The van der Waals surface area contributed by atoms with Crippen LogP contribution in [0, 0.1) is 20.8 Å². The topological polar surface area (TPSA) is 70.2 Å². The minimum absolute atomic E-state index is 0.269. The largest absolute Gasteiger partial charge is 0.475 e. The molecule has 2 rings (SSSR count). The van der Waals surface area contributed by atoms with E-state index in [1.807, 2.05) is 26.0 Å². The van der Waals surface area contributed by atoms with Gasteiger partial charge in [-0.25, -0.2) is 4.79 Å². The van der Waals surface area contributed by atoms with Crippen LogP contribution in [0.1, 0.15) is 27.2 Å². The van der Waals surface area contributed by atoms with Gasteiger partial charge >= 0.3 is 5.97 Å². The summed E-state index contributed by atoms with van der Waals surface area (Å²) in [7, 11) is 0. The van der Waals surface area contributed by atoms with E-state index in [0.717, 1.165) is 16.6 Å². The Hall–Kier alpha value is -2.10. The van der Waals surface area contributed by atoms with Gasteiger partial charge in [-0.2, -0.15) is 0 Å². The molecule has 0 aliphatic heterocycles. The van der Waals surface area contributed by atoms with Crippen LogP contribution in [-0.2, 0) is 4.79 Å². The molecule has 1 heterocycles. The number of nitrogens with one attached hydrogen (secondary N) is 1. The van der Waals surface area contributed by atoms with E-state index < -0.39 is 11.8 Å². The van der Waals surface area contributed by atoms with Crippen molar-refractivity contribution in [3.8, 4) is 0 Å². The normalized spacial score (nSPS) is 10.8. The summed E-state index contributed by atoms with van der Waals surface area (Å²) in [4.78, 5) is 25.5. The van der Waals surface area contributed by atoms with Crippen LogP contribution in [0.15, 0.2) is 12.1 Å². The Labute approximate surface area is 98.3 Å². The number of carboxylic acid groups (broad SMARTS) is 1. The van der Waals surface area contributed by atoms with E-state index in [2.05, 4.69) is 4.98 Å². The fourth-order valence-electron chi connectivity index (χ4n) is 2.24. The maximum absolute atomic E-state index is 11.7. The number of hydrogen-bond donors (Lipinski definition) is 2. The van der Waals surface area contributed by atoms with Crippen molar-refractivity contribution in [2.75, 3.05) is 0 Å². The molecule has 0 bridgehead atoms. The summed E-state index contributed by atoms with van der Waals surface area (Å²) in [6.07, 6.45) is 0. The summed E-state index contributed by atoms with van der Waals surface area (Å²) in [5.41, 5.74) is 3.66. The van der Waals surface area contributed by atoms with Gasteiger partial charge in [0.1, 0.15) is 0 Å². The minimum Gasteiger partial charge on any atom is -0.475 e. The number of carbonyl (C=O) groups is 2. The Morgan fingerprint density at radius 2 is 1.82 bits per heavy atom. The molecule has 0 amide bonds. The predicted molar refractivity (Wildman–Crippen MR) is 64.5 cm³/mol. The quantitative estimate of drug-likeness (QED) is 0.615. The summed E-state index contributed by atoms with van der Waals surface area (Å²) in [6.45, 7) is 5.55. The molecule has 0 atom stereocenters. The number of rotatable bonds is 2. The number of aromatic amines is 1. The standard InChI is InChI=1S/C13H13NO3/c1-6-4-7(2)10-9(5-6)14-8(3)11(10)12(15)13(16)17/h4-5,14H,1-3H3,(H,16,17). The van der Waals surface area contributed by atoms with Crippen LogP contribution in [0.25, 0.3) is 10.9 Å². The average molecular weight is 231 g/mol. The number of carbonyl (C=O) groups excluding carboxylic acids is 1. The van der Waals surface area contributed by atoms with Crippen molar-refractivity contribution in [2.24, 2.45) is 0 Å². The van der Waals surface area contributed by atoms with Crippen LogP contribution in [0.5, 0.6) is 0 Å². The highest BCUT2D eigenvalue weighted by Gasteiger charge is 2.22. The summed E-state index contributed by atoms with van der Waals surface area (Å²) in [5, 5.41) is 9.53. The predicted octanol–water partition coefficient (Wildman–Crippen LogP) is 2.36. The molecular formula is C13H13NO3. The summed E-state index contributed by atoms with van der Waals surface area (Å²) in [5.74, 6) is -2.28. The molecule has 0 fully saturated rings. The first kappa shape index (κ1) is 11.4. The zero-order chi connectivity index (χ0) is 12.7. The van der Waals surface area contributed by atoms with Crippen LogP contribution in [0.2, 0.25) is 0 Å². The zero-order valence-corrected chi connectivity index (χ0v) is 9.92. The van der Waals surface area contributed by atoms with Crippen molar-refractivity contribution in [1.82, 2.24) is 4.98 Å². The molecule has 0 saturated heterocycles. The van der Waals surface area contributed by atoms with Gasteiger partial charge in [-0.05, 0) is 38.0 Å². The van der Waals surface area contributed by atoms with Gasteiger partial charge in [-0.3, -0.25) is 4.79 Å². The number of aromatic nitrogens is 1. The Morgan fingerprint density at radius 3 is 2.41 bits per heavy atom. The van der Waals surface area contributed by atoms with Gasteiger partial charge in [0.25, 0.3) is 5.78 Å². The molecule has 2 aromatic rings. The second-order valence-corrected chi connectivity index (χ2v) is 4.26. The molecule has 0 spiro atoms. The van der Waals surface area contributed by atoms with Gasteiger partial charge in [0, 0.05) is 16.6 Å². The molecule has 0 saturated carbocycles. The van der Waals surface area contributed by atoms with Crippen LogP contribution in [0.4, 0.5) is 0 Å². The highest BCUT2D eigenvalue weighted by Crippen LogP contribution is 2.27. The lowest BCUT2D eigenvalue weighted by atomic mass is 10.0. The van der Waals surface area contributed by atoms with Crippen molar-refractivity contribution < 1.29 is 14.7 Å². The SMILES string of the molecule is Cc1cc(C)c2c(C(=O)C(=O)O)c(C)[nH]c2c1. The summed E-state index contributed by atoms with van der Waals surface area (Å²) < 4.78 is 0. The monoisotopic (exact) mass is 231 g/mol.